The van der Waals surface area contributed by atoms with Gasteiger partial charge < -0.3 is 4.98 Å². The Morgan fingerprint density at radius 1 is 1.80 bits per heavy atom. The molecular weight excluding hydrogens is 245 g/mol. The first-order valence-corrected chi connectivity index (χ1v) is 3.76. The third-order valence-corrected chi connectivity index (χ3v) is 1.75. The van der Waals surface area contributed by atoms with Crippen molar-refractivity contribution in [3.05, 3.63) is 5.51 Å². The molecule has 0 atom stereocenters. The molecule has 0 aliphatic heterocycles. The van der Waals surface area contributed by atoms with Crippen LogP contribution in [0.25, 0.3) is 0 Å². The van der Waals surface area contributed by atoms with Crippen molar-refractivity contribution < 1.29 is 37.5 Å². The van der Waals surface area contributed by atoms with Crippen LogP contribution in [0.15, 0.2) is 5.16 Å². The van der Waals surface area contributed by atoms with Gasteiger partial charge in [0.05, 0.1) is 0 Å². The van der Waals surface area contributed by atoms with Crippen LogP contribution in [0.5, 0.6) is 0 Å². The maximum absolute atomic E-state index is 10.4. The monoisotopic (exact) mass is 248 g/mol. The second kappa shape index (κ2) is 5.35. The number of hydrogen-bond donors (Lipinski definition) is 0. The quantitative estimate of drug-likeness (QED) is 0.548. The number of rotatable bonds is 1. The van der Waals surface area contributed by atoms with Crippen LogP contribution in [-0.4, -0.2) is 14.5 Å². The summed E-state index contributed by atoms with van der Waals surface area (Å²) in [5.74, 6) is 0. The number of carbonyl (C=O) groups is 1. The fraction of sp³-hybridized carbons (Fsp3) is 0.250. The summed E-state index contributed by atoms with van der Waals surface area (Å²) in [7, 11) is 0. The zero-order chi connectivity index (χ0) is 6.69. The summed E-state index contributed by atoms with van der Waals surface area (Å²) in [6, 6.07) is 0. The largest absolute Gasteiger partial charge is 0.416 e. The second-order valence-corrected chi connectivity index (χ2v) is 2.95. The van der Waals surface area contributed by atoms with Gasteiger partial charge in [0, 0.05) is 44.8 Å². The van der Waals surface area contributed by atoms with Crippen molar-refractivity contribution in [1.29, 1.82) is 0 Å². The van der Waals surface area contributed by atoms with E-state index in [9.17, 15) is 4.79 Å². The summed E-state index contributed by atoms with van der Waals surface area (Å²) < 4.78 is 3.77. The Bertz CT molecular complexity index is 201. The molecule has 1 heterocycles. The van der Waals surface area contributed by atoms with E-state index in [1.165, 1.54) is 6.92 Å². The molecule has 1 radical (unpaired) electrons. The van der Waals surface area contributed by atoms with E-state index in [2.05, 4.69) is 14.9 Å². The van der Waals surface area contributed by atoms with Crippen molar-refractivity contribution in [2.45, 2.75) is 12.1 Å². The predicted octanol–water partition coefficient (Wildman–Crippen LogP) is 0.974. The molecule has 0 unspecified atom stereocenters. The summed E-state index contributed by atoms with van der Waals surface area (Å²) in [6.07, 6.45) is 0. The van der Waals surface area contributed by atoms with Gasteiger partial charge in [-0.3, -0.25) is 9.17 Å². The van der Waals surface area contributed by atoms with Gasteiger partial charge in [0.1, 0.15) is 0 Å². The minimum atomic E-state index is 0. The van der Waals surface area contributed by atoms with Crippen molar-refractivity contribution in [3.8, 4) is 0 Å². The summed E-state index contributed by atoms with van der Waals surface area (Å²) in [4.78, 5) is 14.1. The standard InChI is InChI=1S/C4H3N2OS2.Y/c1-3(7)9-4-5-2-8-6-4;/h1H3;/q-1;. The van der Waals surface area contributed by atoms with Crippen LogP contribution in [-0.2, 0) is 37.5 Å². The molecule has 0 amide bonds. The van der Waals surface area contributed by atoms with Crippen molar-refractivity contribution in [1.82, 2.24) is 9.36 Å². The van der Waals surface area contributed by atoms with Gasteiger partial charge in [-0.1, -0.05) is 5.51 Å². The van der Waals surface area contributed by atoms with Gasteiger partial charge in [-0.15, -0.1) is 11.8 Å². The Morgan fingerprint density at radius 2 is 2.50 bits per heavy atom. The molecule has 0 saturated carbocycles. The van der Waals surface area contributed by atoms with E-state index in [4.69, 9.17) is 0 Å². The Morgan fingerprint density at radius 3 is 2.90 bits per heavy atom. The molecule has 51 valence electrons. The Balaban J connectivity index is 0.000000810. The van der Waals surface area contributed by atoms with Gasteiger partial charge >= 0.3 is 0 Å². The van der Waals surface area contributed by atoms with Gasteiger partial charge in [0.15, 0.2) is 5.12 Å². The third kappa shape index (κ3) is 3.76. The van der Waals surface area contributed by atoms with Crippen molar-refractivity contribution in [3.63, 3.8) is 0 Å². The van der Waals surface area contributed by atoms with Crippen LogP contribution < -0.4 is 0 Å². The van der Waals surface area contributed by atoms with Gasteiger partial charge in [-0.2, -0.15) is 11.5 Å². The molecular formula is C4H3N2OS2Y-. The normalized spacial score (nSPS) is 8.50. The topological polar surface area (TPSA) is 42.9 Å². The summed E-state index contributed by atoms with van der Waals surface area (Å²) >= 11 is 2.15. The summed E-state index contributed by atoms with van der Waals surface area (Å²) in [6.45, 7) is 1.48. The average Bonchev–Trinajstić information content (AvgIpc) is 2.15. The van der Waals surface area contributed by atoms with E-state index in [-0.39, 0.29) is 37.8 Å². The van der Waals surface area contributed by atoms with Crippen LogP contribution in [0.4, 0.5) is 0 Å². The minimum absolute atomic E-state index is 0. The molecule has 0 spiro atoms. The molecule has 6 heteroatoms. The molecule has 0 aliphatic rings. The van der Waals surface area contributed by atoms with Crippen molar-refractivity contribution in [2.75, 3.05) is 0 Å². The van der Waals surface area contributed by atoms with Crippen molar-refractivity contribution in [2.24, 2.45) is 0 Å². The van der Waals surface area contributed by atoms with Crippen LogP contribution in [0.2, 0.25) is 0 Å². The number of nitrogens with zero attached hydrogens (tertiary/aromatic N) is 2. The molecule has 0 fully saturated rings. The van der Waals surface area contributed by atoms with Crippen molar-refractivity contribution >= 4 is 28.4 Å². The molecule has 0 aliphatic carbocycles. The Kier molecular flexibility index (Phi) is 5.72. The summed E-state index contributed by atoms with van der Waals surface area (Å²) in [5, 5.41) is 0.495. The average molecular weight is 248 g/mol. The maximum atomic E-state index is 10.4. The zero-order valence-corrected chi connectivity index (χ0v) is 9.67. The summed E-state index contributed by atoms with van der Waals surface area (Å²) in [5.41, 5.74) is 2.54. The molecule has 10 heavy (non-hydrogen) atoms. The second-order valence-electron chi connectivity index (χ2n) is 1.26. The van der Waals surface area contributed by atoms with Gasteiger partial charge in [0.25, 0.3) is 0 Å². The molecule has 0 saturated heterocycles. The first kappa shape index (κ1) is 10.7. The van der Waals surface area contributed by atoms with E-state index in [0.717, 1.165) is 23.3 Å². The first-order valence-electron chi connectivity index (χ1n) is 2.17. The number of carbonyl (C=O) groups excluding carboxylic acids is 1. The molecule has 1 rings (SSSR count). The fourth-order valence-electron chi connectivity index (χ4n) is 0.309. The van der Waals surface area contributed by atoms with Gasteiger partial charge in [0.2, 0.25) is 0 Å². The SMILES string of the molecule is CC(=O)Sc1n[c-]sn1.[Y]. The predicted molar refractivity (Wildman–Crippen MR) is 35.3 cm³/mol. The molecule has 1 aromatic heterocycles. The van der Waals surface area contributed by atoms with Gasteiger partial charge in [-0.05, 0) is 0 Å². The Labute approximate surface area is 92.1 Å². The Hall–Kier alpha value is 0.684. The van der Waals surface area contributed by atoms with Crippen LogP contribution in [0, 0.1) is 5.51 Å². The number of hydrogen-bond acceptors (Lipinski definition) is 5. The molecule has 0 aromatic carbocycles. The minimum Gasteiger partial charge on any atom is -0.416 e. The molecule has 3 nitrogen and oxygen atoms in total. The smallest absolute Gasteiger partial charge is 0.175 e. The van der Waals surface area contributed by atoms with E-state index >= 15 is 0 Å². The number of aromatic nitrogens is 2. The van der Waals surface area contributed by atoms with Crippen LogP contribution >= 0.6 is 23.3 Å². The van der Waals surface area contributed by atoms with Crippen LogP contribution in [0.3, 0.4) is 0 Å². The van der Waals surface area contributed by atoms with E-state index in [1.54, 1.807) is 0 Å². The molecule has 0 N–H and O–H groups in total. The van der Waals surface area contributed by atoms with E-state index in [1.807, 2.05) is 0 Å². The fourth-order valence-corrected chi connectivity index (χ4v) is 1.26. The van der Waals surface area contributed by atoms with E-state index < -0.39 is 0 Å². The maximum Gasteiger partial charge on any atom is 0.175 e. The zero-order valence-electron chi connectivity index (χ0n) is 5.20. The third-order valence-electron chi connectivity index (χ3n) is 0.541. The van der Waals surface area contributed by atoms with Crippen LogP contribution in [0.1, 0.15) is 6.92 Å². The van der Waals surface area contributed by atoms with Gasteiger partial charge in [-0.25, -0.2) is 0 Å². The molecule has 0 bridgehead atoms. The first-order chi connectivity index (χ1) is 4.29. The van der Waals surface area contributed by atoms with E-state index in [0.29, 0.717) is 5.16 Å². The molecule has 1 aromatic rings. The number of thioether (sulfide) groups is 1.